The summed E-state index contributed by atoms with van der Waals surface area (Å²) in [4.78, 5) is 2.46. The van der Waals surface area contributed by atoms with E-state index in [0.29, 0.717) is 6.04 Å². The van der Waals surface area contributed by atoms with E-state index in [0.717, 1.165) is 30.6 Å². The smallest absolute Gasteiger partial charge is 0.0406 e. The molecule has 0 aromatic heterocycles. The molecule has 0 amide bonds. The highest BCUT2D eigenvalue weighted by Gasteiger charge is 2.25. The van der Waals surface area contributed by atoms with Gasteiger partial charge in [0.2, 0.25) is 0 Å². The number of hydrogen-bond acceptors (Lipinski definition) is 2. The Bertz CT molecular complexity index is 359. The van der Waals surface area contributed by atoms with Gasteiger partial charge < -0.3 is 10.2 Å². The Balaban J connectivity index is 1.65. The number of halogens is 1. The molecule has 0 bridgehead atoms. The number of hydrogen-bond donors (Lipinski definition) is 1. The highest BCUT2D eigenvalue weighted by Crippen LogP contribution is 2.24. The first-order valence-electron chi connectivity index (χ1n) is 6.83. The van der Waals surface area contributed by atoms with Gasteiger partial charge in [0.1, 0.15) is 0 Å². The minimum Gasteiger partial charge on any atom is -0.313 e. The third kappa shape index (κ3) is 4.60. The van der Waals surface area contributed by atoms with E-state index in [4.69, 9.17) is 11.6 Å². The van der Waals surface area contributed by atoms with E-state index in [2.05, 4.69) is 36.3 Å². The normalized spacial score (nSPS) is 17.1. The zero-order valence-corrected chi connectivity index (χ0v) is 12.1. The maximum atomic E-state index is 5.88. The van der Waals surface area contributed by atoms with Crippen molar-refractivity contribution in [1.82, 2.24) is 10.2 Å². The second kappa shape index (κ2) is 6.55. The molecular weight excluding hydrogens is 244 g/mol. The molecule has 1 fully saturated rings. The van der Waals surface area contributed by atoms with Crippen molar-refractivity contribution in [2.75, 3.05) is 20.1 Å². The Morgan fingerprint density at radius 1 is 1.33 bits per heavy atom. The van der Waals surface area contributed by atoms with Crippen LogP contribution in [0.4, 0.5) is 0 Å². The predicted octanol–water partition coefficient (Wildman–Crippen LogP) is 2.95. The molecule has 2 nitrogen and oxygen atoms in total. The molecule has 1 atom stereocenters. The second-order valence-electron chi connectivity index (χ2n) is 5.40. The van der Waals surface area contributed by atoms with Crippen molar-refractivity contribution in [2.24, 2.45) is 0 Å². The lowest BCUT2D eigenvalue weighted by Crippen LogP contribution is -2.36. The molecule has 0 radical (unpaired) electrons. The van der Waals surface area contributed by atoms with Crippen molar-refractivity contribution in [3.05, 3.63) is 34.9 Å². The number of nitrogens with one attached hydrogen (secondary N) is 1. The molecule has 1 unspecified atom stereocenters. The number of benzene rings is 1. The van der Waals surface area contributed by atoms with Gasteiger partial charge in [-0.1, -0.05) is 23.7 Å². The van der Waals surface area contributed by atoms with Crippen LogP contribution in [0.5, 0.6) is 0 Å². The van der Waals surface area contributed by atoms with Gasteiger partial charge in [0.05, 0.1) is 0 Å². The molecule has 1 aliphatic carbocycles. The second-order valence-corrected chi connectivity index (χ2v) is 5.83. The van der Waals surface area contributed by atoms with Crippen LogP contribution in [0.1, 0.15) is 25.3 Å². The van der Waals surface area contributed by atoms with Gasteiger partial charge in [-0.2, -0.15) is 0 Å². The SMILES string of the molecule is CC(Cc1ccc(Cl)cc1)NCCN(C)C1CC1. The summed E-state index contributed by atoms with van der Waals surface area (Å²) >= 11 is 5.88. The average molecular weight is 267 g/mol. The molecule has 18 heavy (non-hydrogen) atoms. The molecule has 0 saturated heterocycles. The van der Waals surface area contributed by atoms with Gasteiger partial charge in [-0.3, -0.25) is 0 Å². The van der Waals surface area contributed by atoms with Crippen molar-refractivity contribution < 1.29 is 0 Å². The molecule has 1 saturated carbocycles. The summed E-state index contributed by atoms with van der Waals surface area (Å²) in [5, 5.41) is 4.40. The highest BCUT2D eigenvalue weighted by atomic mass is 35.5. The van der Waals surface area contributed by atoms with Gasteiger partial charge >= 0.3 is 0 Å². The summed E-state index contributed by atoms with van der Waals surface area (Å²) in [7, 11) is 2.23. The molecule has 1 aliphatic rings. The summed E-state index contributed by atoms with van der Waals surface area (Å²) < 4.78 is 0. The molecule has 1 N–H and O–H groups in total. The zero-order chi connectivity index (χ0) is 13.0. The van der Waals surface area contributed by atoms with Gasteiger partial charge in [0.15, 0.2) is 0 Å². The van der Waals surface area contributed by atoms with E-state index in [1.165, 1.54) is 18.4 Å². The van der Waals surface area contributed by atoms with E-state index < -0.39 is 0 Å². The van der Waals surface area contributed by atoms with Crippen LogP contribution in [0.2, 0.25) is 5.02 Å². The van der Waals surface area contributed by atoms with Crippen LogP contribution in [0.25, 0.3) is 0 Å². The van der Waals surface area contributed by atoms with E-state index in [1.54, 1.807) is 0 Å². The molecule has 100 valence electrons. The summed E-state index contributed by atoms with van der Waals surface area (Å²) in [5.74, 6) is 0. The molecule has 0 heterocycles. The van der Waals surface area contributed by atoms with Crippen LogP contribution >= 0.6 is 11.6 Å². The minimum absolute atomic E-state index is 0.513. The van der Waals surface area contributed by atoms with Gasteiger partial charge in [0.25, 0.3) is 0 Å². The lowest BCUT2D eigenvalue weighted by Gasteiger charge is -2.19. The fraction of sp³-hybridized carbons (Fsp3) is 0.600. The molecule has 2 rings (SSSR count). The monoisotopic (exact) mass is 266 g/mol. The Hall–Kier alpha value is -0.570. The van der Waals surface area contributed by atoms with Crippen molar-refractivity contribution >= 4 is 11.6 Å². The third-order valence-electron chi connectivity index (χ3n) is 3.58. The lowest BCUT2D eigenvalue weighted by atomic mass is 10.1. The maximum Gasteiger partial charge on any atom is 0.0406 e. The summed E-state index contributed by atoms with van der Waals surface area (Å²) in [6.07, 6.45) is 3.83. The largest absolute Gasteiger partial charge is 0.313 e. The number of rotatable bonds is 7. The Labute approximate surface area is 115 Å². The van der Waals surface area contributed by atoms with Gasteiger partial charge in [-0.25, -0.2) is 0 Å². The van der Waals surface area contributed by atoms with Gasteiger partial charge in [-0.05, 0) is 50.9 Å². The van der Waals surface area contributed by atoms with E-state index in [9.17, 15) is 0 Å². The van der Waals surface area contributed by atoms with Crippen molar-refractivity contribution in [2.45, 2.75) is 38.3 Å². The highest BCUT2D eigenvalue weighted by molar-refractivity contribution is 6.30. The fourth-order valence-corrected chi connectivity index (χ4v) is 2.36. The topological polar surface area (TPSA) is 15.3 Å². The first kappa shape index (κ1) is 13.9. The predicted molar refractivity (Wildman–Crippen MR) is 78.3 cm³/mol. The first-order valence-corrected chi connectivity index (χ1v) is 7.21. The molecular formula is C15H23ClN2. The summed E-state index contributed by atoms with van der Waals surface area (Å²) in [6, 6.07) is 9.51. The van der Waals surface area contributed by atoms with Crippen molar-refractivity contribution in [1.29, 1.82) is 0 Å². The number of likely N-dealkylation sites (N-methyl/N-ethyl adjacent to an activating group) is 1. The molecule has 0 aliphatic heterocycles. The number of nitrogens with zero attached hydrogens (tertiary/aromatic N) is 1. The van der Waals surface area contributed by atoms with Crippen LogP contribution < -0.4 is 5.32 Å². The van der Waals surface area contributed by atoms with Crippen LogP contribution in [0.15, 0.2) is 24.3 Å². The Morgan fingerprint density at radius 3 is 2.61 bits per heavy atom. The van der Waals surface area contributed by atoms with E-state index >= 15 is 0 Å². The standard InChI is InChI=1S/C15H23ClN2/c1-12(11-13-3-5-14(16)6-4-13)17-9-10-18(2)15-7-8-15/h3-6,12,15,17H,7-11H2,1-2H3. The van der Waals surface area contributed by atoms with Crippen LogP contribution in [-0.2, 0) is 6.42 Å². The van der Waals surface area contributed by atoms with Crippen LogP contribution in [-0.4, -0.2) is 37.1 Å². The molecule has 0 spiro atoms. The quantitative estimate of drug-likeness (QED) is 0.816. The fourth-order valence-electron chi connectivity index (χ4n) is 2.23. The van der Waals surface area contributed by atoms with Gasteiger partial charge in [-0.15, -0.1) is 0 Å². The summed E-state index contributed by atoms with van der Waals surface area (Å²) in [5.41, 5.74) is 1.34. The van der Waals surface area contributed by atoms with Crippen LogP contribution in [0, 0.1) is 0 Å². The Kier molecular flexibility index (Phi) is 5.04. The molecule has 1 aromatic carbocycles. The van der Waals surface area contributed by atoms with E-state index in [-0.39, 0.29) is 0 Å². The zero-order valence-electron chi connectivity index (χ0n) is 11.3. The minimum atomic E-state index is 0.513. The molecule has 1 aromatic rings. The average Bonchev–Trinajstić information content (AvgIpc) is 3.16. The van der Waals surface area contributed by atoms with Crippen molar-refractivity contribution in [3.8, 4) is 0 Å². The van der Waals surface area contributed by atoms with E-state index in [1.807, 2.05) is 12.1 Å². The third-order valence-corrected chi connectivity index (χ3v) is 3.83. The van der Waals surface area contributed by atoms with Gasteiger partial charge in [0, 0.05) is 30.2 Å². The summed E-state index contributed by atoms with van der Waals surface area (Å²) in [6.45, 7) is 4.46. The Morgan fingerprint density at radius 2 is 2.00 bits per heavy atom. The molecule has 3 heteroatoms. The van der Waals surface area contributed by atoms with Crippen molar-refractivity contribution in [3.63, 3.8) is 0 Å². The maximum absolute atomic E-state index is 5.88. The lowest BCUT2D eigenvalue weighted by molar-refractivity contribution is 0.315. The first-order chi connectivity index (χ1) is 8.65. The van der Waals surface area contributed by atoms with Crippen LogP contribution in [0.3, 0.4) is 0 Å².